The van der Waals surface area contributed by atoms with Gasteiger partial charge in [-0.15, -0.1) is 0 Å². The van der Waals surface area contributed by atoms with Crippen LogP contribution in [0.2, 0.25) is 0 Å². The first-order valence-electron chi connectivity index (χ1n) is 2.86. The quantitative estimate of drug-likeness (QED) is 0.536. The predicted molar refractivity (Wildman–Crippen MR) is 38.5 cm³/mol. The largest absolute Gasteiger partial charge is 0.189 e. The SMILES string of the molecule is CC(C)(C)c1nc#cs1. The Kier molecular flexibility index (Phi) is 1.46. The average Bonchev–Trinajstić information content (AvgIpc) is 2.08. The topological polar surface area (TPSA) is 12.9 Å². The molecule has 0 unspecified atom stereocenters. The molecule has 9 heavy (non-hydrogen) atoms. The van der Waals surface area contributed by atoms with Crippen molar-refractivity contribution in [2.45, 2.75) is 26.2 Å². The second-order valence-electron chi connectivity index (χ2n) is 2.98. The van der Waals surface area contributed by atoms with Crippen molar-refractivity contribution < 1.29 is 0 Å². The van der Waals surface area contributed by atoms with Gasteiger partial charge in [0.15, 0.2) is 0 Å². The van der Waals surface area contributed by atoms with Gasteiger partial charge in [-0.05, 0) is 0 Å². The molecule has 0 radical (unpaired) electrons. The molecule has 1 aromatic rings. The van der Waals surface area contributed by atoms with Crippen LogP contribution in [-0.4, -0.2) is 4.98 Å². The number of hydrogen-bond acceptors (Lipinski definition) is 2. The Morgan fingerprint density at radius 2 is 2.11 bits per heavy atom. The van der Waals surface area contributed by atoms with E-state index in [1.54, 1.807) is 0 Å². The monoisotopic (exact) mass is 139 g/mol. The molecule has 0 fully saturated rings. The highest BCUT2D eigenvalue weighted by molar-refractivity contribution is 7.08. The van der Waals surface area contributed by atoms with E-state index in [0.29, 0.717) is 0 Å². The fourth-order valence-corrected chi connectivity index (χ4v) is 1.07. The first kappa shape index (κ1) is 6.57. The van der Waals surface area contributed by atoms with Crippen LogP contribution in [0.3, 0.4) is 0 Å². The highest BCUT2D eigenvalue weighted by Gasteiger charge is 2.15. The molecular formula is C7H9NS. The highest BCUT2D eigenvalue weighted by Crippen LogP contribution is 2.21. The maximum atomic E-state index is 4.03. The van der Waals surface area contributed by atoms with Gasteiger partial charge in [0, 0.05) is 10.8 Å². The molecule has 0 aliphatic rings. The number of hydrogen-bond donors (Lipinski definition) is 0. The summed E-state index contributed by atoms with van der Waals surface area (Å²) in [5.41, 5.74) is 0.168. The van der Waals surface area contributed by atoms with Gasteiger partial charge in [0.2, 0.25) is 0 Å². The molecule has 1 nitrogen and oxygen atoms in total. The van der Waals surface area contributed by atoms with E-state index >= 15 is 0 Å². The van der Waals surface area contributed by atoms with Crippen LogP contribution < -0.4 is 0 Å². The van der Waals surface area contributed by atoms with Crippen molar-refractivity contribution in [3.8, 4) is 0 Å². The van der Waals surface area contributed by atoms with Gasteiger partial charge in [0.25, 0.3) is 0 Å². The molecule has 1 aromatic heterocycles. The molecule has 0 saturated heterocycles. The molecule has 0 saturated carbocycles. The summed E-state index contributed by atoms with van der Waals surface area (Å²) in [5, 5.41) is 3.94. The van der Waals surface area contributed by atoms with Gasteiger partial charge < -0.3 is 0 Å². The van der Waals surface area contributed by atoms with Crippen LogP contribution in [0.25, 0.3) is 0 Å². The fraction of sp³-hybridized carbons (Fsp3) is 0.571. The first-order chi connectivity index (χ1) is 4.11. The highest BCUT2D eigenvalue weighted by atomic mass is 32.1. The minimum absolute atomic E-state index is 0.168. The fourth-order valence-electron chi connectivity index (χ4n) is 0.488. The third kappa shape index (κ3) is 1.43. The van der Waals surface area contributed by atoms with Gasteiger partial charge in [-0.3, -0.25) is 0 Å². The van der Waals surface area contributed by atoms with Crippen molar-refractivity contribution in [1.29, 1.82) is 0 Å². The van der Waals surface area contributed by atoms with E-state index in [0.717, 1.165) is 5.01 Å². The van der Waals surface area contributed by atoms with Gasteiger partial charge >= 0.3 is 0 Å². The van der Waals surface area contributed by atoms with Gasteiger partial charge in [-0.1, -0.05) is 32.1 Å². The zero-order chi connectivity index (χ0) is 6.91. The average molecular weight is 139 g/mol. The van der Waals surface area contributed by atoms with Crippen LogP contribution in [0.4, 0.5) is 0 Å². The Hall–Kier alpha value is -0.550. The van der Waals surface area contributed by atoms with Crippen molar-refractivity contribution in [3.05, 3.63) is 16.6 Å². The maximum Gasteiger partial charge on any atom is 0.117 e. The summed E-state index contributed by atoms with van der Waals surface area (Å²) in [4.78, 5) is 4.03. The van der Waals surface area contributed by atoms with Crippen LogP contribution in [0.15, 0.2) is 0 Å². The molecule has 0 N–H and O–H groups in total. The summed E-state index contributed by atoms with van der Waals surface area (Å²) in [6.07, 6.45) is 2.68. The molecule has 1 rings (SSSR count). The van der Waals surface area contributed by atoms with Gasteiger partial charge in [0.1, 0.15) is 5.01 Å². The number of aromatic nitrogens is 1. The molecule has 0 atom stereocenters. The minimum Gasteiger partial charge on any atom is -0.189 e. The second-order valence-corrected chi connectivity index (χ2v) is 3.78. The normalized spacial score (nSPS) is 11.0. The lowest BCUT2D eigenvalue weighted by Gasteiger charge is -2.12. The number of rotatable bonds is 0. The van der Waals surface area contributed by atoms with Crippen LogP contribution in [0.5, 0.6) is 0 Å². The van der Waals surface area contributed by atoms with Crippen molar-refractivity contribution in [2.24, 2.45) is 0 Å². The summed E-state index contributed by atoms with van der Waals surface area (Å²) in [5.74, 6) is 0. The smallest absolute Gasteiger partial charge is 0.117 e. The summed E-state index contributed by atoms with van der Waals surface area (Å²) in [6, 6.07) is 0. The molecule has 0 aliphatic carbocycles. The Balaban J connectivity index is 2.90. The van der Waals surface area contributed by atoms with E-state index in [-0.39, 0.29) is 5.41 Å². The van der Waals surface area contributed by atoms with Gasteiger partial charge in [-0.2, -0.15) is 4.98 Å². The molecule has 0 aliphatic heterocycles. The molecule has 0 spiro atoms. The van der Waals surface area contributed by atoms with Crippen LogP contribution >= 0.6 is 11.3 Å². The van der Waals surface area contributed by atoms with Crippen LogP contribution in [0.1, 0.15) is 25.8 Å². The molecule has 0 bridgehead atoms. The minimum atomic E-state index is 0.168. The van der Waals surface area contributed by atoms with E-state index in [9.17, 15) is 0 Å². The summed E-state index contributed by atoms with van der Waals surface area (Å²) in [6.45, 7) is 6.40. The standard InChI is InChI=1S/C7H9NS/c1-7(2,3)6-8-4-5-9-6/h1-3H3. The Labute approximate surface area is 59.8 Å². The van der Waals surface area contributed by atoms with Crippen molar-refractivity contribution in [3.63, 3.8) is 0 Å². The molecule has 48 valence electrons. The zero-order valence-electron chi connectivity index (χ0n) is 5.86. The van der Waals surface area contributed by atoms with E-state index in [2.05, 4.69) is 37.3 Å². The first-order valence-corrected chi connectivity index (χ1v) is 3.67. The van der Waals surface area contributed by atoms with Crippen LogP contribution in [0, 0.1) is 11.6 Å². The Morgan fingerprint density at radius 1 is 1.44 bits per heavy atom. The van der Waals surface area contributed by atoms with Crippen molar-refractivity contribution >= 4 is 11.3 Å². The Morgan fingerprint density at radius 3 is 2.33 bits per heavy atom. The summed E-state index contributed by atoms with van der Waals surface area (Å²) < 4.78 is 0. The lowest BCUT2D eigenvalue weighted by Crippen LogP contribution is -2.09. The zero-order valence-corrected chi connectivity index (χ0v) is 6.67. The van der Waals surface area contributed by atoms with Crippen LogP contribution in [-0.2, 0) is 5.41 Å². The lowest BCUT2D eigenvalue weighted by atomic mass is 9.98. The number of nitrogens with zero attached hydrogens (tertiary/aromatic N) is 1. The summed E-state index contributed by atoms with van der Waals surface area (Å²) in [7, 11) is 0. The van der Waals surface area contributed by atoms with E-state index < -0.39 is 0 Å². The van der Waals surface area contributed by atoms with E-state index in [1.807, 2.05) is 0 Å². The maximum absolute atomic E-state index is 4.03. The van der Waals surface area contributed by atoms with E-state index in [1.165, 1.54) is 11.3 Å². The van der Waals surface area contributed by atoms with Gasteiger partial charge in [0.05, 0.1) is 6.20 Å². The molecular weight excluding hydrogens is 130 g/mol. The van der Waals surface area contributed by atoms with Crippen molar-refractivity contribution in [1.82, 2.24) is 4.98 Å². The predicted octanol–water partition coefficient (Wildman–Crippen LogP) is 2.04. The summed E-state index contributed by atoms with van der Waals surface area (Å²) >= 11 is 1.54. The van der Waals surface area contributed by atoms with Crippen molar-refractivity contribution in [2.75, 3.05) is 0 Å². The third-order valence-corrected chi connectivity index (χ3v) is 2.08. The second kappa shape index (κ2) is 2.00. The molecule has 0 amide bonds. The lowest BCUT2D eigenvalue weighted by molar-refractivity contribution is 0.585. The van der Waals surface area contributed by atoms with E-state index in [4.69, 9.17) is 0 Å². The van der Waals surface area contributed by atoms with Gasteiger partial charge in [-0.25, -0.2) is 0 Å². The Bertz CT molecular complexity index is 171. The third-order valence-electron chi connectivity index (χ3n) is 0.992. The molecule has 1 heterocycles. The molecule has 2 heteroatoms. The molecule has 0 aromatic carbocycles.